The minimum atomic E-state index is -0.360. The van der Waals surface area contributed by atoms with E-state index in [2.05, 4.69) is 31.5 Å². The molecule has 0 aliphatic rings. The maximum atomic E-state index is 13.3. The average Bonchev–Trinajstić information content (AvgIpc) is 3.35. The number of hydrogen-bond acceptors (Lipinski definition) is 4. The van der Waals surface area contributed by atoms with E-state index in [9.17, 15) is 9.59 Å². The Labute approximate surface area is 231 Å². The molecule has 0 bridgehead atoms. The summed E-state index contributed by atoms with van der Waals surface area (Å²) in [6, 6.07) is 26.4. The Balaban J connectivity index is 1.73. The summed E-state index contributed by atoms with van der Waals surface area (Å²) in [5, 5.41) is 10.6. The molecule has 0 unspecified atom stereocenters. The van der Waals surface area contributed by atoms with Crippen LogP contribution in [0.5, 0.6) is 0 Å². The summed E-state index contributed by atoms with van der Waals surface area (Å²) in [6.45, 7) is 1.33. The largest absolute Gasteiger partial charge is 0.351 e. The molecule has 1 aromatic heterocycles. The first-order chi connectivity index (χ1) is 18.4. The molecule has 38 heavy (non-hydrogen) atoms. The first-order valence-electron chi connectivity index (χ1n) is 12.3. The predicted molar refractivity (Wildman–Crippen MR) is 155 cm³/mol. The van der Waals surface area contributed by atoms with Gasteiger partial charge in [0.15, 0.2) is 0 Å². The first kappa shape index (κ1) is 27.0. The van der Waals surface area contributed by atoms with Crippen LogP contribution in [0.15, 0.2) is 101 Å². The highest BCUT2D eigenvalue weighted by Crippen LogP contribution is 2.27. The van der Waals surface area contributed by atoms with E-state index >= 15 is 0 Å². The zero-order valence-electron chi connectivity index (χ0n) is 21.4. The van der Waals surface area contributed by atoms with Crippen LogP contribution in [0.25, 0.3) is 23.0 Å². The fourth-order valence-corrected chi connectivity index (χ4v) is 4.09. The number of aromatic nitrogens is 2. The van der Waals surface area contributed by atoms with E-state index in [1.54, 1.807) is 35.0 Å². The van der Waals surface area contributed by atoms with E-state index in [1.807, 2.05) is 81.0 Å². The van der Waals surface area contributed by atoms with Gasteiger partial charge in [0.1, 0.15) is 11.4 Å². The summed E-state index contributed by atoms with van der Waals surface area (Å²) < 4.78 is 2.73. The average molecular weight is 573 g/mol. The van der Waals surface area contributed by atoms with Crippen LogP contribution in [-0.4, -0.2) is 53.7 Å². The molecule has 4 aromatic rings. The Morgan fingerprint density at radius 2 is 1.61 bits per heavy atom. The number of carbonyl (C=O) groups is 2. The molecule has 0 atom stereocenters. The molecular formula is C30H30BrN5O2. The van der Waals surface area contributed by atoms with Crippen molar-refractivity contribution in [3.8, 4) is 16.9 Å². The van der Waals surface area contributed by atoms with Crippen molar-refractivity contribution in [1.29, 1.82) is 0 Å². The zero-order chi connectivity index (χ0) is 26.9. The van der Waals surface area contributed by atoms with Gasteiger partial charge in [-0.1, -0.05) is 64.5 Å². The molecule has 0 aliphatic heterocycles. The van der Waals surface area contributed by atoms with Crippen LogP contribution >= 0.6 is 15.9 Å². The van der Waals surface area contributed by atoms with Gasteiger partial charge in [-0.2, -0.15) is 5.10 Å². The maximum absolute atomic E-state index is 13.3. The fraction of sp³-hybridized carbons (Fsp3) is 0.167. The third-order valence-corrected chi connectivity index (χ3v) is 6.31. The number of amides is 2. The monoisotopic (exact) mass is 571 g/mol. The Morgan fingerprint density at radius 1 is 0.947 bits per heavy atom. The van der Waals surface area contributed by atoms with E-state index in [0.717, 1.165) is 28.7 Å². The summed E-state index contributed by atoms with van der Waals surface area (Å²) >= 11 is 3.48. The number of nitrogens with zero attached hydrogens (tertiary/aromatic N) is 3. The van der Waals surface area contributed by atoms with Gasteiger partial charge in [-0.25, -0.2) is 4.68 Å². The van der Waals surface area contributed by atoms with Crippen molar-refractivity contribution in [3.05, 3.63) is 112 Å². The molecule has 0 radical (unpaired) electrons. The molecule has 0 saturated heterocycles. The van der Waals surface area contributed by atoms with E-state index in [-0.39, 0.29) is 17.5 Å². The van der Waals surface area contributed by atoms with Crippen molar-refractivity contribution in [1.82, 2.24) is 25.3 Å². The number of rotatable bonds is 10. The Hall–Kier alpha value is -4.01. The standard InChI is InChI=1S/C30H30BrN5O2/c1-35(2)19-9-18-32-30(38)27(33-29(37)23-10-5-3-6-11-23)20-24-21-36(26-12-7-4-8-13-26)34-28(24)22-14-16-25(31)17-15-22/h3-8,10-17,20-21H,9,18-19H2,1-2H3,(H,32,38)(H,33,37)/b27-20-. The van der Waals surface area contributed by atoms with Crippen molar-refractivity contribution in [2.24, 2.45) is 0 Å². The molecule has 1 heterocycles. The Bertz CT molecular complexity index is 1400. The third kappa shape index (κ3) is 7.27. The van der Waals surface area contributed by atoms with Crippen LogP contribution in [0.3, 0.4) is 0 Å². The molecular weight excluding hydrogens is 542 g/mol. The molecule has 7 nitrogen and oxygen atoms in total. The smallest absolute Gasteiger partial charge is 0.267 e. The van der Waals surface area contributed by atoms with Gasteiger partial charge in [-0.15, -0.1) is 0 Å². The third-order valence-electron chi connectivity index (χ3n) is 5.78. The number of para-hydroxylation sites is 1. The van der Waals surface area contributed by atoms with Gasteiger partial charge in [0, 0.05) is 33.9 Å². The Morgan fingerprint density at radius 3 is 2.26 bits per heavy atom. The molecule has 3 aromatic carbocycles. The van der Waals surface area contributed by atoms with Crippen LogP contribution < -0.4 is 10.6 Å². The van der Waals surface area contributed by atoms with Crippen molar-refractivity contribution in [3.63, 3.8) is 0 Å². The second-order valence-electron chi connectivity index (χ2n) is 9.01. The molecule has 2 N–H and O–H groups in total. The normalized spacial score (nSPS) is 11.4. The van der Waals surface area contributed by atoms with Gasteiger partial charge in [-0.05, 0) is 69.5 Å². The number of hydrogen-bond donors (Lipinski definition) is 2. The topological polar surface area (TPSA) is 79.3 Å². The highest BCUT2D eigenvalue weighted by atomic mass is 79.9. The van der Waals surface area contributed by atoms with Crippen molar-refractivity contribution in [2.45, 2.75) is 6.42 Å². The maximum Gasteiger partial charge on any atom is 0.267 e. The van der Waals surface area contributed by atoms with Crippen molar-refractivity contribution >= 4 is 33.8 Å². The number of benzene rings is 3. The number of carbonyl (C=O) groups excluding carboxylic acids is 2. The van der Waals surface area contributed by atoms with Gasteiger partial charge in [-0.3, -0.25) is 9.59 Å². The molecule has 2 amide bonds. The van der Waals surface area contributed by atoms with Gasteiger partial charge in [0.25, 0.3) is 11.8 Å². The lowest BCUT2D eigenvalue weighted by atomic mass is 10.1. The second-order valence-corrected chi connectivity index (χ2v) is 9.93. The van der Waals surface area contributed by atoms with Crippen LogP contribution in [0, 0.1) is 0 Å². The quantitative estimate of drug-likeness (QED) is 0.204. The molecule has 0 fully saturated rings. The minimum Gasteiger partial charge on any atom is -0.351 e. The highest BCUT2D eigenvalue weighted by Gasteiger charge is 2.18. The van der Waals surface area contributed by atoms with Crippen molar-refractivity contribution in [2.75, 3.05) is 27.2 Å². The molecule has 8 heteroatoms. The van der Waals surface area contributed by atoms with Gasteiger partial charge < -0.3 is 15.5 Å². The van der Waals surface area contributed by atoms with E-state index in [1.165, 1.54) is 0 Å². The first-order valence-corrected chi connectivity index (χ1v) is 13.1. The van der Waals surface area contributed by atoms with E-state index in [0.29, 0.717) is 23.4 Å². The number of nitrogens with one attached hydrogen (secondary N) is 2. The summed E-state index contributed by atoms with van der Waals surface area (Å²) in [4.78, 5) is 28.4. The highest BCUT2D eigenvalue weighted by molar-refractivity contribution is 9.10. The van der Waals surface area contributed by atoms with Crippen LogP contribution in [-0.2, 0) is 4.79 Å². The Kier molecular flexibility index (Phi) is 9.24. The van der Waals surface area contributed by atoms with E-state index < -0.39 is 0 Å². The summed E-state index contributed by atoms with van der Waals surface area (Å²) in [5.74, 6) is -0.719. The number of halogens is 1. The van der Waals surface area contributed by atoms with Crippen LogP contribution in [0.1, 0.15) is 22.3 Å². The molecule has 0 aliphatic carbocycles. The zero-order valence-corrected chi connectivity index (χ0v) is 23.0. The summed E-state index contributed by atoms with van der Waals surface area (Å²) in [5.41, 5.74) is 3.76. The van der Waals surface area contributed by atoms with E-state index in [4.69, 9.17) is 5.10 Å². The molecule has 0 saturated carbocycles. The molecule has 194 valence electrons. The van der Waals surface area contributed by atoms with Gasteiger partial charge in [0.05, 0.1) is 5.69 Å². The van der Waals surface area contributed by atoms with Crippen LogP contribution in [0.4, 0.5) is 0 Å². The predicted octanol–water partition coefficient (Wildman–Crippen LogP) is 5.14. The SMILES string of the molecule is CN(C)CCCNC(=O)/C(=C/c1cn(-c2ccccc2)nc1-c1ccc(Br)cc1)NC(=O)c1ccccc1. The van der Waals surface area contributed by atoms with Crippen LogP contribution in [0.2, 0.25) is 0 Å². The molecule has 4 rings (SSSR count). The summed E-state index contributed by atoms with van der Waals surface area (Å²) in [7, 11) is 3.97. The minimum absolute atomic E-state index is 0.148. The lowest BCUT2D eigenvalue weighted by Crippen LogP contribution is -2.36. The second kappa shape index (κ2) is 13.0. The lowest BCUT2D eigenvalue weighted by molar-refractivity contribution is -0.117. The van der Waals surface area contributed by atoms with Crippen molar-refractivity contribution < 1.29 is 9.59 Å². The fourth-order valence-electron chi connectivity index (χ4n) is 3.83. The van der Waals surface area contributed by atoms with Gasteiger partial charge >= 0.3 is 0 Å². The summed E-state index contributed by atoms with van der Waals surface area (Å²) in [6.07, 6.45) is 4.33. The lowest BCUT2D eigenvalue weighted by Gasteiger charge is -2.13. The van der Waals surface area contributed by atoms with Gasteiger partial charge in [0.2, 0.25) is 0 Å². The molecule has 0 spiro atoms.